The summed E-state index contributed by atoms with van der Waals surface area (Å²) in [7, 11) is -4.08. The highest BCUT2D eigenvalue weighted by molar-refractivity contribution is 7.92. The SMILES string of the molecule is CCOC(=O)NC(=O)c1c(NC(=O)c2cccc(NS(=O)(=O)c3ccc(F)cc3)c2)sc(C(=O)OCC)c1C. The van der Waals surface area contributed by atoms with Crippen molar-refractivity contribution in [2.24, 2.45) is 0 Å². The molecule has 0 fully saturated rings. The zero-order valence-corrected chi connectivity index (χ0v) is 22.6. The lowest BCUT2D eigenvalue weighted by Crippen LogP contribution is -2.32. The Labute approximate surface area is 227 Å². The molecule has 11 nitrogen and oxygen atoms in total. The molecule has 206 valence electrons. The van der Waals surface area contributed by atoms with Crippen molar-refractivity contribution in [3.05, 3.63) is 75.9 Å². The van der Waals surface area contributed by atoms with Crippen molar-refractivity contribution >= 4 is 55.9 Å². The van der Waals surface area contributed by atoms with Gasteiger partial charge in [0.1, 0.15) is 15.7 Å². The molecule has 0 aliphatic rings. The Morgan fingerprint density at radius 3 is 2.26 bits per heavy atom. The molecule has 1 aromatic heterocycles. The zero-order chi connectivity index (χ0) is 28.7. The first-order valence-corrected chi connectivity index (χ1v) is 13.7. The van der Waals surface area contributed by atoms with E-state index in [0.29, 0.717) is 0 Å². The molecule has 0 spiro atoms. The molecule has 0 atom stereocenters. The molecule has 39 heavy (non-hydrogen) atoms. The van der Waals surface area contributed by atoms with Crippen molar-refractivity contribution in [3.8, 4) is 0 Å². The molecule has 0 aliphatic heterocycles. The molecule has 3 N–H and O–H groups in total. The van der Waals surface area contributed by atoms with E-state index in [1.165, 1.54) is 31.2 Å². The first kappa shape index (κ1) is 29.3. The molecule has 0 radical (unpaired) electrons. The van der Waals surface area contributed by atoms with Gasteiger partial charge in [-0.15, -0.1) is 11.3 Å². The molecule has 3 aromatic rings. The first-order chi connectivity index (χ1) is 18.5. The van der Waals surface area contributed by atoms with Gasteiger partial charge >= 0.3 is 12.1 Å². The summed E-state index contributed by atoms with van der Waals surface area (Å²) >= 11 is 0.777. The van der Waals surface area contributed by atoms with Gasteiger partial charge in [-0.2, -0.15) is 0 Å². The lowest BCUT2D eigenvalue weighted by atomic mass is 10.1. The predicted molar refractivity (Wildman–Crippen MR) is 141 cm³/mol. The third-order valence-electron chi connectivity index (χ3n) is 5.05. The molecule has 3 amide bonds. The predicted octanol–water partition coefficient (Wildman–Crippen LogP) is 4.31. The number of imide groups is 1. The maximum absolute atomic E-state index is 13.2. The average Bonchev–Trinajstić information content (AvgIpc) is 3.20. The van der Waals surface area contributed by atoms with Crippen molar-refractivity contribution in [3.63, 3.8) is 0 Å². The molecule has 1 heterocycles. The lowest BCUT2D eigenvalue weighted by molar-refractivity contribution is 0.0531. The zero-order valence-electron chi connectivity index (χ0n) is 21.0. The number of esters is 1. The van der Waals surface area contributed by atoms with E-state index in [0.717, 1.165) is 35.6 Å². The van der Waals surface area contributed by atoms with Crippen LogP contribution in [0, 0.1) is 12.7 Å². The van der Waals surface area contributed by atoms with Crippen LogP contribution in [0.4, 0.5) is 19.9 Å². The topological polar surface area (TPSA) is 157 Å². The van der Waals surface area contributed by atoms with E-state index in [4.69, 9.17) is 9.47 Å². The van der Waals surface area contributed by atoms with Crippen LogP contribution in [0.25, 0.3) is 0 Å². The number of hydrogen-bond acceptors (Lipinski definition) is 9. The van der Waals surface area contributed by atoms with Gasteiger partial charge in [0.05, 0.1) is 23.7 Å². The summed E-state index contributed by atoms with van der Waals surface area (Å²) in [4.78, 5) is 50.0. The summed E-state index contributed by atoms with van der Waals surface area (Å²) in [5.74, 6) is -2.96. The number of nitrogens with one attached hydrogen (secondary N) is 3. The quantitative estimate of drug-likeness (QED) is 0.318. The standard InChI is InChI=1S/C25H24FN3O8S2/c1-4-36-24(32)20-14(3)19(22(31)28-25(33)37-5-2)23(38-20)27-21(30)15-7-6-8-17(13-15)29-39(34,35)18-11-9-16(26)10-12-18/h6-13,29H,4-5H2,1-3H3,(H,27,30)(H,28,31,33). The minimum Gasteiger partial charge on any atom is -0.462 e. The van der Waals surface area contributed by atoms with E-state index in [-0.39, 0.29) is 50.4 Å². The smallest absolute Gasteiger partial charge is 0.414 e. The monoisotopic (exact) mass is 577 g/mol. The highest BCUT2D eigenvalue weighted by atomic mass is 32.2. The summed E-state index contributed by atoms with van der Waals surface area (Å²) in [5, 5.41) is 4.53. The Morgan fingerprint density at radius 1 is 0.949 bits per heavy atom. The van der Waals surface area contributed by atoms with Gasteiger partial charge in [0, 0.05) is 11.3 Å². The number of carbonyl (C=O) groups is 4. The molecule has 0 bridgehead atoms. The summed E-state index contributed by atoms with van der Waals surface area (Å²) in [5.41, 5.74) is 0.0885. The number of sulfonamides is 1. The fourth-order valence-corrected chi connectivity index (χ4v) is 5.46. The van der Waals surface area contributed by atoms with Crippen LogP contribution in [0.3, 0.4) is 0 Å². The van der Waals surface area contributed by atoms with E-state index >= 15 is 0 Å². The largest absolute Gasteiger partial charge is 0.462 e. The molecule has 2 aromatic carbocycles. The van der Waals surface area contributed by atoms with Crippen LogP contribution in [0.15, 0.2) is 53.4 Å². The van der Waals surface area contributed by atoms with Crippen LogP contribution >= 0.6 is 11.3 Å². The fourth-order valence-electron chi connectivity index (χ4n) is 3.32. The number of benzene rings is 2. The van der Waals surface area contributed by atoms with Gasteiger partial charge in [-0.1, -0.05) is 6.07 Å². The number of thiophene rings is 1. The highest BCUT2D eigenvalue weighted by Gasteiger charge is 2.28. The first-order valence-electron chi connectivity index (χ1n) is 11.4. The Balaban J connectivity index is 1.90. The van der Waals surface area contributed by atoms with Gasteiger partial charge < -0.3 is 14.8 Å². The van der Waals surface area contributed by atoms with E-state index in [1.807, 2.05) is 5.32 Å². The van der Waals surface area contributed by atoms with Crippen LogP contribution in [0.5, 0.6) is 0 Å². The van der Waals surface area contributed by atoms with E-state index in [9.17, 15) is 32.0 Å². The maximum atomic E-state index is 13.2. The Hall–Kier alpha value is -4.30. The van der Waals surface area contributed by atoms with Crippen molar-refractivity contribution in [1.29, 1.82) is 0 Å². The van der Waals surface area contributed by atoms with Crippen molar-refractivity contribution in [2.45, 2.75) is 25.7 Å². The summed E-state index contributed by atoms with van der Waals surface area (Å²) in [6.07, 6.45) is -1.01. The third-order valence-corrected chi connectivity index (χ3v) is 7.64. The van der Waals surface area contributed by atoms with Crippen LogP contribution in [0.2, 0.25) is 0 Å². The number of amides is 3. The summed E-state index contributed by atoms with van der Waals surface area (Å²) in [6.45, 7) is 4.71. The Kier molecular flexibility index (Phi) is 9.37. The van der Waals surface area contributed by atoms with Gasteiger partial charge in [-0.05, 0) is 68.8 Å². The molecule has 3 rings (SSSR count). The van der Waals surface area contributed by atoms with Crippen LogP contribution < -0.4 is 15.4 Å². The maximum Gasteiger partial charge on any atom is 0.414 e. The molecule has 0 aliphatic carbocycles. The molecule has 0 saturated carbocycles. The Morgan fingerprint density at radius 2 is 1.62 bits per heavy atom. The average molecular weight is 578 g/mol. The van der Waals surface area contributed by atoms with Gasteiger partial charge in [-0.3, -0.25) is 19.6 Å². The number of carbonyl (C=O) groups excluding carboxylic acids is 4. The van der Waals surface area contributed by atoms with E-state index in [2.05, 4.69) is 10.0 Å². The molecule has 0 unspecified atom stereocenters. The van der Waals surface area contributed by atoms with Crippen LogP contribution in [-0.4, -0.2) is 45.5 Å². The number of ether oxygens (including phenoxy) is 2. The normalized spacial score (nSPS) is 10.9. The van der Waals surface area contributed by atoms with E-state index in [1.54, 1.807) is 13.8 Å². The summed E-state index contributed by atoms with van der Waals surface area (Å²) in [6, 6.07) is 9.68. The van der Waals surface area contributed by atoms with E-state index < -0.39 is 39.7 Å². The number of alkyl carbamates (subject to hydrolysis) is 1. The Bertz CT molecular complexity index is 1520. The van der Waals surface area contributed by atoms with Gasteiger partial charge in [0.2, 0.25) is 0 Å². The van der Waals surface area contributed by atoms with Crippen molar-refractivity contribution < 1.29 is 41.5 Å². The second kappa shape index (κ2) is 12.5. The number of halogens is 1. The van der Waals surface area contributed by atoms with Gasteiger partial charge in [-0.25, -0.2) is 22.4 Å². The van der Waals surface area contributed by atoms with Crippen LogP contribution in [-0.2, 0) is 19.5 Å². The lowest BCUT2D eigenvalue weighted by Gasteiger charge is -2.11. The minimum absolute atomic E-state index is 0.00907. The third kappa shape index (κ3) is 7.18. The molecule has 14 heteroatoms. The molecular formula is C25H24FN3O8S2. The van der Waals surface area contributed by atoms with Gasteiger partial charge in [0.15, 0.2) is 0 Å². The highest BCUT2D eigenvalue weighted by Crippen LogP contribution is 2.34. The van der Waals surface area contributed by atoms with Gasteiger partial charge in [0.25, 0.3) is 21.8 Å². The summed E-state index contributed by atoms with van der Waals surface area (Å²) < 4.78 is 50.5. The number of rotatable bonds is 9. The van der Waals surface area contributed by atoms with Crippen molar-refractivity contribution in [1.82, 2.24) is 5.32 Å². The number of hydrogen-bond donors (Lipinski definition) is 3. The fraction of sp³-hybridized carbons (Fsp3) is 0.200. The van der Waals surface area contributed by atoms with Crippen LogP contribution in [0.1, 0.15) is 49.8 Å². The second-order valence-corrected chi connectivity index (χ2v) is 10.5. The second-order valence-electron chi connectivity index (χ2n) is 7.75. The number of anilines is 2. The van der Waals surface area contributed by atoms with Crippen molar-refractivity contribution in [2.75, 3.05) is 23.3 Å². The molecule has 0 saturated heterocycles. The minimum atomic E-state index is -4.08. The molecular weight excluding hydrogens is 553 g/mol.